The lowest BCUT2D eigenvalue weighted by Gasteiger charge is -2.10. The molecule has 0 atom stereocenters. The lowest BCUT2D eigenvalue weighted by atomic mass is 10.2. The van der Waals surface area contributed by atoms with Crippen LogP contribution in [0.25, 0.3) is 0 Å². The molecule has 1 heterocycles. The minimum Gasteiger partial charge on any atom is -0.493 e. The van der Waals surface area contributed by atoms with E-state index in [1.165, 1.54) is 25.5 Å². The Hall–Kier alpha value is -2.68. The minimum atomic E-state index is -0.515. The molecule has 0 aliphatic carbocycles. The Kier molecular flexibility index (Phi) is 5.47. The van der Waals surface area contributed by atoms with Gasteiger partial charge >= 0.3 is 0 Å². The molecule has 0 saturated carbocycles. The van der Waals surface area contributed by atoms with Crippen molar-refractivity contribution >= 4 is 33.6 Å². The number of halogens is 1. The van der Waals surface area contributed by atoms with E-state index in [9.17, 15) is 10.1 Å². The van der Waals surface area contributed by atoms with E-state index in [2.05, 4.69) is 31.4 Å². The fourth-order valence-electron chi connectivity index (χ4n) is 1.78. The van der Waals surface area contributed by atoms with Crippen molar-refractivity contribution in [2.45, 2.75) is 0 Å². The monoisotopic (exact) mass is 380 g/mol. The summed E-state index contributed by atoms with van der Waals surface area (Å²) in [5.74, 6) is 1.49. The highest BCUT2D eigenvalue weighted by atomic mass is 79.9. The van der Waals surface area contributed by atoms with Crippen molar-refractivity contribution in [2.75, 3.05) is 19.6 Å². The van der Waals surface area contributed by atoms with Gasteiger partial charge in [0.05, 0.1) is 25.4 Å². The Morgan fingerprint density at radius 1 is 1.35 bits per heavy atom. The number of anilines is 1. The third kappa shape index (κ3) is 4.16. The van der Waals surface area contributed by atoms with Crippen LogP contribution in [-0.2, 0) is 0 Å². The van der Waals surface area contributed by atoms with E-state index in [1.807, 2.05) is 6.07 Å². The summed E-state index contributed by atoms with van der Waals surface area (Å²) in [6, 6.07) is 6.40. The summed E-state index contributed by atoms with van der Waals surface area (Å²) >= 11 is 3.38. The van der Waals surface area contributed by atoms with E-state index in [1.54, 1.807) is 13.2 Å². The molecule has 0 radical (unpaired) electrons. The lowest BCUT2D eigenvalue weighted by Crippen LogP contribution is -1.98. The van der Waals surface area contributed by atoms with Crippen molar-refractivity contribution in [1.82, 2.24) is 4.98 Å². The third-order valence-corrected chi connectivity index (χ3v) is 3.27. The van der Waals surface area contributed by atoms with Crippen molar-refractivity contribution in [3.63, 3.8) is 0 Å². The van der Waals surface area contributed by atoms with Gasteiger partial charge in [0.2, 0.25) is 0 Å². The summed E-state index contributed by atoms with van der Waals surface area (Å²) in [6.07, 6.45) is 2.69. The number of pyridine rings is 1. The van der Waals surface area contributed by atoms with Crippen LogP contribution < -0.4 is 14.9 Å². The molecular formula is C14H13BrN4O4. The molecule has 8 nitrogen and oxygen atoms in total. The number of benzene rings is 1. The lowest BCUT2D eigenvalue weighted by molar-refractivity contribution is -0.385. The Balaban J connectivity index is 2.17. The van der Waals surface area contributed by atoms with Gasteiger partial charge in [0.1, 0.15) is 12.0 Å². The molecule has 0 unspecified atom stereocenters. The summed E-state index contributed by atoms with van der Waals surface area (Å²) in [5.41, 5.74) is 3.29. The fourth-order valence-corrected chi connectivity index (χ4v) is 2.24. The number of methoxy groups -OCH3 is 2. The number of hydrogen-bond acceptors (Lipinski definition) is 7. The average molecular weight is 381 g/mol. The topological polar surface area (TPSA) is 98.9 Å². The van der Waals surface area contributed by atoms with Crippen LogP contribution in [0.15, 0.2) is 40.0 Å². The van der Waals surface area contributed by atoms with Gasteiger partial charge in [-0.1, -0.05) is 15.9 Å². The molecule has 0 fully saturated rings. The largest absolute Gasteiger partial charge is 0.493 e. The Labute approximate surface area is 140 Å². The molecule has 1 aromatic carbocycles. The molecule has 0 aliphatic rings. The molecule has 0 spiro atoms. The van der Waals surface area contributed by atoms with Crippen LogP contribution >= 0.6 is 15.9 Å². The molecule has 2 aromatic rings. The Morgan fingerprint density at radius 2 is 2.13 bits per heavy atom. The van der Waals surface area contributed by atoms with Crippen LogP contribution in [-0.4, -0.2) is 30.3 Å². The number of nitrogens with one attached hydrogen (secondary N) is 1. The SMILES string of the molecule is COc1cc(Br)cc(/C=N/Nc2ccc([N+](=O)[O-])cn2)c1OC. The van der Waals surface area contributed by atoms with Crippen molar-refractivity contribution in [3.05, 3.63) is 50.6 Å². The van der Waals surface area contributed by atoms with Gasteiger partial charge in [-0.2, -0.15) is 5.10 Å². The number of hydrogen-bond donors (Lipinski definition) is 1. The highest BCUT2D eigenvalue weighted by Crippen LogP contribution is 2.33. The van der Waals surface area contributed by atoms with Crippen molar-refractivity contribution in [3.8, 4) is 11.5 Å². The van der Waals surface area contributed by atoms with E-state index in [4.69, 9.17) is 9.47 Å². The third-order valence-electron chi connectivity index (χ3n) is 2.81. The summed E-state index contributed by atoms with van der Waals surface area (Å²) in [7, 11) is 3.08. The molecule has 0 saturated heterocycles. The Bertz CT molecular complexity index is 734. The predicted octanol–water partition coefficient (Wildman–Crippen LogP) is 3.22. The van der Waals surface area contributed by atoms with E-state index in [0.717, 1.165) is 10.7 Å². The summed E-state index contributed by atoms with van der Waals surface area (Å²) < 4.78 is 11.4. The van der Waals surface area contributed by atoms with Gasteiger partial charge in [0, 0.05) is 16.1 Å². The van der Waals surface area contributed by atoms with E-state index < -0.39 is 4.92 Å². The molecule has 1 aromatic heterocycles. The van der Waals surface area contributed by atoms with Gasteiger partial charge in [0.25, 0.3) is 5.69 Å². The second-order valence-corrected chi connectivity index (χ2v) is 5.17. The molecule has 9 heteroatoms. The zero-order chi connectivity index (χ0) is 16.8. The van der Waals surface area contributed by atoms with Gasteiger partial charge < -0.3 is 9.47 Å². The smallest absolute Gasteiger partial charge is 0.287 e. The second kappa shape index (κ2) is 7.54. The highest BCUT2D eigenvalue weighted by molar-refractivity contribution is 9.10. The Morgan fingerprint density at radius 3 is 2.70 bits per heavy atom. The normalized spacial score (nSPS) is 10.6. The first kappa shape index (κ1) is 16.7. The molecule has 0 amide bonds. The van der Waals surface area contributed by atoms with Crippen molar-refractivity contribution in [1.29, 1.82) is 0 Å². The van der Waals surface area contributed by atoms with Crippen LogP contribution in [0.3, 0.4) is 0 Å². The van der Waals surface area contributed by atoms with Gasteiger partial charge in [0.15, 0.2) is 11.5 Å². The van der Waals surface area contributed by atoms with Crippen LogP contribution in [0, 0.1) is 10.1 Å². The number of hydrazone groups is 1. The van der Waals surface area contributed by atoms with Crippen molar-refractivity contribution in [2.24, 2.45) is 5.10 Å². The van der Waals surface area contributed by atoms with Gasteiger partial charge in [-0.05, 0) is 18.2 Å². The van der Waals surface area contributed by atoms with Crippen LogP contribution in [0.1, 0.15) is 5.56 Å². The van der Waals surface area contributed by atoms with Crippen LogP contribution in [0.4, 0.5) is 11.5 Å². The van der Waals surface area contributed by atoms with Crippen molar-refractivity contribution < 1.29 is 14.4 Å². The molecule has 120 valence electrons. The first-order valence-electron chi connectivity index (χ1n) is 6.36. The van der Waals surface area contributed by atoms with E-state index in [0.29, 0.717) is 22.9 Å². The quantitative estimate of drug-likeness (QED) is 0.469. The maximum atomic E-state index is 10.6. The summed E-state index contributed by atoms with van der Waals surface area (Å²) in [5, 5.41) is 14.6. The molecule has 0 bridgehead atoms. The van der Waals surface area contributed by atoms with Gasteiger partial charge in [-0.3, -0.25) is 15.5 Å². The molecule has 0 aliphatic heterocycles. The second-order valence-electron chi connectivity index (χ2n) is 4.26. The summed E-state index contributed by atoms with van der Waals surface area (Å²) in [4.78, 5) is 13.9. The number of nitrogens with zero attached hydrogens (tertiary/aromatic N) is 3. The maximum Gasteiger partial charge on any atom is 0.287 e. The molecular weight excluding hydrogens is 368 g/mol. The zero-order valence-corrected chi connectivity index (χ0v) is 13.9. The number of rotatable bonds is 6. The molecule has 2 rings (SSSR count). The number of nitro groups is 1. The molecule has 23 heavy (non-hydrogen) atoms. The zero-order valence-electron chi connectivity index (χ0n) is 12.3. The average Bonchev–Trinajstić information content (AvgIpc) is 2.54. The number of aromatic nitrogens is 1. The predicted molar refractivity (Wildman–Crippen MR) is 89.4 cm³/mol. The van der Waals surface area contributed by atoms with E-state index in [-0.39, 0.29) is 5.69 Å². The van der Waals surface area contributed by atoms with Gasteiger partial charge in [-0.25, -0.2) is 4.98 Å². The molecule has 1 N–H and O–H groups in total. The fraction of sp³-hybridized carbons (Fsp3) is 0.143. The highest BCUT2D eigenvalue weighted by Gasteiger charge is 2.10. The summed E-state index contributed by atoms with van der Waals surface area (Å²) in [6.45, 7) is 0. The van der Waals surface area contributed by atoms with Crippen LogP contribution in [0.5, 0.6) is 11.5 Å². The number of ether oxygens (including phenoxy) is 2. The van der Waals surface area contributed by atoms with Crippen LogP contribution in [0.2, 0.25) is 0 Å². The first-order chi connectivity index (χ1) is 11.0. The maximum absolute atomic E-state index is 10.6. The first-order valence-corrected chi connectivity index (χ1v) is 7.15. The van der Waals surface area contributed by atoms with E-state index >= 15 is 0 Å². The standard InChI is InChI=1S/C14H13BrN4O4/c1-22-12-6-10(15)5-9(14(12)23-2)7-17-18-13-4-3-11(8-16-13)19(20)21/h3-8H,1-2H3,(H,16,18)/b17-7+. The van der Waals surface area contributed by atoms with Gasteiger partial charge in [-0.15, -0.1) is 0 Å². The minimum absolute atomic E-state index is 0.0853.